The molecule has 0 atom stereocenters. The van der Waals surface area contributed by atoms with E-state index in [1.807, 2.05) is 56.3 Å². The summed E-state index contributed by atoms with van der Waals surface area (Å²) in [7, 11) is 0. The number of rotatable bonds is 7. The molecule has 6 nitrogen and oxygen atoms in total. The van der Waals surface area contributed by atoms with Crippen LogP contribution in [0.4, 0.5) is 11.4 Å². The van der Waals surface area contributed by atoms with Crippen LogP contribution in [0, 0.1) is 13.8 Å². The van der Waals surface area contributed by atoms with Crippen LogP contribution in [0.2, 0.25) is 0 Å². The van der Waals surface area contributed by atoms with Crippen LogP contribution < -0.4 is 10.2 Å². The van der Waals surface area contributed by atoms with Crippen LogP contribution >= 0.6 is 11.8 Å². The summed E-state index contributed by atoms with van der Waals surface area (Å²) < 4.78 is 5.08. The summed E-state index contributed by atoms with van der Waals surface area (Å²) in [6.45, 7) is 5.84. The van der Waals surface area contributed by atoms with Crippen molar-refractivity contribution < 1.29 is 19.1 Å². The zero-order chi connectivity index (χ0) is 24.2. The number of thioether (sulfide) groups is 1. The molecule has 172 valence electrons. The predicted octanol–water partition coefficient (Wildman–Crippen LogP) is 5.47. The number of ether oxygens (including phenoxy) is 1. The monoisotopic (exact) mass is 472 g/mol. The van der Waals surface area contributed by atoms with Crippen LogP contribution in [0.15, 0.2) is 88.3 Å². The second-order valence-corrected chi connectivity index (χ2v) is 8.86. The fraction of sp³-hybridized carbons (Fsp3) is 0.148. The first-order valence-corrected chi connectivity index (χ1v) is 11.7. The van der Waals surface area contributed by atoms with E-state index in [0.29, 0.717) is 16.9 Å². The maximum Gasteiger partial charge on any atom is 0.338 e. The van der Waals surface area contributed by atoms with Crippen LogP contribution in [-0.2, 0) is 14.3 Å². The van der Waals surface area contributed by atoms with Crippen molar-refractivity contribution in [3.63, 3.8) is 0 Å². The molecule has 0 spiro atoms. The molecule has 0 fully saturated rings. The van der Waals surface area contributed by atoms with Gasteiger partial charge in [0.05, 0.1) is 17.9 Å². The number of nitrogens with zero attached hydrogens (tertiary/aromatic N) is 1. The number of anilines is 2. The molecular weight excluding hydrogens is 448 g/mol. The van der Waals surface area contributed by atoms with Crippen molar-refractivity contribution in [2.75, 3.05) is 16.8 Å². The standard InChI is InChI=1S/C27H24N2O4S/c1-4-33-27(32)19-9-8-10-20(16-19)28-23-24(34-21-11-6-5-7-12-21)26(31)29(25(23)30)22-14-13-17(2)15-18(22)3/h5-16,28H,4H2,1-3H3. The lowest BCUT2D eigenvalue weighted by Crippen LogP contribution is -2.33. The van der Waals surface area contributed by atoms with Gasteiger partial charge in [-0.3, -0.25) is 9.59 Å². The summed E-state index contributed by atoms with van der Waals surface area (Å²) in [5.74, 6) is -1.29. The fourth-order valence-electron chi connectivity index (χ4n) is 3.68. The Hall–Kier alpha value is -3.84. The van der Waals surface area contributed by atoms with Crippen molar-refractivity contribution in [1.82, 2.24) is 0 Å². The van der Waals surface area contributed by atoms with Gasteiger partial charge in [-0.2, -0.15) is 0 Å². The molecule has 0 radical (unpaired) electrons. The smallest absolute Gasteiger partial charge is 0.338 e. The van der Waals surface area contributed by atoms with Gasteiger partial charge in [-0.15, -0.1) is 0 Å². The van der Waals surface area contributed by atoms with Crippen LogP contribution in [0.3, 0.4) is 0 Å². The number of carbonyl (C=O) groups excluding carboxylic acids is 3. The van der Waals surface area contributed by atoms with E-state index in [0.717, 1.165) is 16.0 Å². The third kappa shape index (κ3) is 4.75. The highest BCUT2D eigenvalue weighted by Gasteiger charge is 2.40. The lowest BCUT2D eigenvalue weighted by Gasteiger charge is -2.18. The van der Waals surface area contributed by atoms with Gasteiger partial charge >= 0.3 is 5.97 Å². The molecule has 1 heterocycles. The normalized spacial score (nSPS) is 13.4. The van der Waals surface area contributed by atoms with Gasteiger partial charge in [0.25, 0.3) is 11.8 Å². The molecule has 1 N–H and O–H groups in total. The third-order valence-electron chi connectivity index (χ3n) is 5.24. The van der Waals surface area contributed by atoms with E-state index in [1.165, 1.54) is 16.7 Å². The summed E-state index contributed by atoms with van der Waals surface area (Å²) in [6, 6.07) is 21.7. The van der Waals surface area contributed by atoms with Gasteiger partial charge in [0.2, 0.25) is 0 Å². The second-order valence-electron chi connectivity index (χ2n) is 7.78. The number of hydrogen-bond acceptors (Lipinski definition) is 6. The maximum absolute atomic E-state index is 13.6. The van der Waals surface area contributed by atoms with E-state index in [1.54, 1.807) is 37.3 Å². The average molecular weight is 473 g/mol. The van der Waals surface area contributed by atoms with Crippen molar-refractivity contribution in [2.45, 2.75) is 25.7 Å². The minimum absolute atomic E-state index is 0.167. The molecule has 3 aromatic carbocycles. The van der Waals surface area contributed by atoms with E-state index in [2.05, 4.69) is 5.32 Å². The molecular formula is C27H24N2O4S. The number of esters is 1. The van der Waals surface area contributed by atoms with E-state index < -0.39 is 17.8 Å². The number of benzene rings is 3. The molecule has 7 heteroatoms. The van der Waals surface area contributed by atoms with E-state index in [4.69, 9.17) is 4.74 Å². The van der Waals surface area contributed by atoms with E-state index in [9.17, 15) is 14.4 Å². The molecule has 4 rings (SSSR count). The molecule has 0 saturated heterocycles. The number of nitrogens with one attached hydrogen (secondary N) is 1. The summed E-state index contributed by atoms with van der Waals surface area (Å²) in [5, 5.41) is 3.10. The summed E-state index contributed by atoms with van der Waals surface area (Å²) >= 11 is 1.23. The molecule has 1 aliphatic heterocycles. The highest BCUT2D eigenvalue weighted by atomic mass is 32.2. The molecule has 34 heavy (non-hydrogen) atoms. The molecule has 3 aromatic rings. The first-order chi connectivity index (χ1) is 16.4. The van der Waals surface area contributed by atoms with Gasteiger partial charge in [-0.1, -0.05) is 53.7 Å². The SMILES string of the molecule is CCOC(=O)c1cccc(NC2=C(Sc3ccccc3)C(=O)N(c3ccc(C)cc3C)C2=O)c1. The minimum Gasteiger partial charge on any atom is -0.462 e. The highest BCUT2D eigenvalue weighted by molar-refractivity contribution is 8.04. The summed E-state index contributed by atoms with van der Waals surface area (Å²) in [4.78, 5) is 41.6. The van der Waals surface area contributed by atoms with Crippen molar-refractivity contribution in [3.8, 4) is 0 Å². The Bertz CT molecular complexity index is 1300. The molecule has 0 unspecified atom stereocenters. The van der Waals surface area contributed by atoms with Crippen LogP contribution in [0.1, 0.15) is 28.4 Å². The number of hydrogen-bond donors (Lipinski definition) is 1. The van der Waals surface area contributed by atoms with Crippen molar-refractivity contribution in [3.05, 3.63) is 100 Å². The van der Waals surface area contributed by atoms with Crippen molar-refractivity contribution in [1.29, 1.82) is 0 Å². The Morgan fingerprint density at radius 3 is 2.41 bits per heavy atom. The Morgan fingerprint density at radius 1 is 0.941 bits per heavy atom. The number of imide groups is 1. The quantitative estimate of drug-likeness (QED) is 0.363. The lowest BCUT2D eigenvalue weighted by atomic mass is 10.1. The van der Waals surface area contributed by atoms with Gasteiger partial charge in [-0.25, -0.2) is 9.69 Å². The van der Waals surface area contributed by atoms with Crippen molar-refractivity contribution >= 4 is 40.9 Å². The third-order valence-corrected chi connectivity index (χ3v) is 6.33. The largest absolute Gasteiger partial charge is 0.462 e. The number of amides is 2. The Kier molecular flexibility index (Phi) is 6.84. The molecule has 0 aromatic heterocycles. The van der Waals surface area contributed by atoms with Gasteiger partial charge in [-0.05, 0) is 62.7 Å². The van der Waals surface area contributed by atoms with Gasteiger partial charge in [0.1, 0.15) is 10.6 Å². The van der Waals surface area contributed by atoms with Gasteiger partial charge < -0.3 is 10.1 Å². The Balaban J connectivity index is 1.74. The fourth-order valence-corrected chi connectivity index (χ4v) is 4.63. The Morgan fingerprint density at radius 2 is 1.71 bits per heavy atom. The van der Waals surface area contributed by atoms with Crippen LogP contribution in [-0.4, -0.2) is 24.4 Å². The number of aryl methyl sites for hydroxylation is 2. The van der Waals surface area contributed by atoms with Crippen LogP contribution in [0.5, 0.6) is 0 Å². The molecule has 1 aliphatic rings. The second kappa shape index (κ2) is 9.97. The topological polar surface area (TPSA) is 75.7 Å². The first kappa shape index (κ1) is 23.3. The maximum atomic E-state index is 13.6. The van der Waals surface area contributed by atoms with Crippen molar-refractivity contribution in [2.24, 2.45) is 0 Å². The zero-order valence-corrected chi connectivity index (χ0v) is 19.9. The predicted molar refractivity (Wildman–Crippen MR) is 134 cm³/mol. The molecule has 0 bridgehead atoms. The molecule has 0 saturated carbocycles. The van der Waals surface area contributed by atoms with E-state index >= 15 is 0 Å². The summed E-state index contributed by atoms with van der Waals surface area (Å²) in [5.41, 5.74) is 3.45. The lowest BCUT2D eigenvalue weighted by molar-refractivity contribution is -0.120. The first-order valence-electron chi connectivity index (χ1n) is 10.9. The van der Waals surface area contributed by atoms with Gasteiger partial charge in [0, 0.05) is 10.6 Å². The van der Waals surface area contributed by atoms with Crippen LogP contribution in [0.25, 0.3) is 0 Å². The number of carbonyl (C=O) groups is 3. The zero-order valence-electron chi connectivity index (χ0n) is 19.1. The molecule has 2 amide bonds. The summed E-state index contributed by atoms with van der Waals surface area (Å²) in [6.07, 6.45) is 0. The molecule has 0 aliphatic carbocycles. The average Bonchev–Trinajstić information content (AvgIpc) is 3.04. The Labute approximate surface area is 202 Å². The van der Waals surface area contributed by atoms with Gasteiger partial charge in [0.15, 0.2) is 0 Å². The van der Waals surface area contributed by atoms with E-state index in [-0.39, 0.29) is 17.2 Å². The minimum atomic E-state index is -0.454. The highest BCUT2D eigenvalue weighted by Crippen LogP contribution is 2.38.